The zero-order valence-corrected chi connectivity index (χ0v) is 24.1. The Morgan fingerprint density at radius 3 is 2.20 bits per heavy atom. The summed E-state index contributed by atoms with van der Waals surface area (Å²) < 4.78 is 62.1. The predicted octanol–water partition coefficient (Wildman–Crippen LogP) is 3.03. The van der Waals surface area contributed by atoms with E-state index < -0.39 is 38.1 Å². The van der Waals surface area contributed by atoms with Crippen LogP contribution in [0, 0.1) is 5.92 Å². The molecule has 40 heavy (non-hydrogen) atoms. The van der Waals surface area contributed by atoms with Gasteiger partial charge in [0.05, 0.1) is 34.5 Å². The van der Waals surface area contributed by atoms with Gasteiger partial charge in [0, 0.05) is 25.2 Å². The van der Waals surface area contributed by atoms with Crippen molar-refractivity contribution in [2.45, 2.75) is 35.8 Å². The van der Waals surface area contributed by atoms with Crippen molar-refractivity contribution in [3.05, 3.63) is 84.4 Å². The largest absolute Gasteiger partial charge is 0.488 e. The molecule has 214 valence electrons. The van der Waals surface area contributed by atoms with Gasteiger partial charge in [-0.25, -0.2) is 16.8 Å². The molecule has 0 spiro atoms. The van der Waals surface area contributed by atoms with Crippen LogP contribution in [0.4, 0.5) is 5.69 Å². The van der Waals surface area contributed by atoms with Crippen LogP contribution in [-0.4, -0.2) is 75.9 Å². The average Bonchev–Trinajstić information content (AvgIpc) is 2.95. The minimum atomic E-state index is -3.92. The van der Waals surface area contributed by atoms with E-state index in [2.05, 4.69) is 4.72 Å². The fourth-order valence-corrected chi connectivity index (χ4v) is 6.72. The maximum absolute atomic E-state index is 13.6. The number of carbonyl (C=O) groups is 1. The molecule has 1 aliphatic rings. The highest BCUT2D eigenvalue weighted by atomic mass is 32.2. The highest BCUT2D eigenvalue weighted by Gasteiger charge is 2.35. The van der Waals surface area contributed by atoms with Crippen molar-refractivity contribution < 1.29 is 31.5 Å². The molecule has 4 rings (SSSR count). The van der Waals surface area contributed by atoms with Crippen molar-refractivity contribution in [3.63, 3.8) is 0 Å². The number of hydrogen-bond acceptors (Lipinski definition) is 7. The first-order chi connectivity index (χ1) is 18.9. The Kier molecular flexibility index (Phi) is 8.83. The molecule has 0 unspecified atom stereocenters. The summed E-state index contributed by atoms with van der Waals surface area (Å²) in [6.45, 7) is 3.45. The number of carbonyl (C=O) groups excluding carboxylic acids is 1. The van der Waals surface area contributed by atoms with Crippen molar-refractivity contribution in [2.24, 2.45) is 5.92 Å². The number of aliphatic hydroxyl groups excluding tert-OH is 1. The quantitative estimate of drug-likeness (QED) is 0.393. The van der Waals surface area contributed by atoms with Crippen molar-refractivity contribution in [1.29, 1.82) is 0 Å². The van der Waals surface area contributed by atoms with Gasteiger partial charge in [0.25, 0.3) is 15.9 Å². The van der Waals surface area contributed by atoms with Gasteiger partial charge in [-0.3, -0.25) is 9.52 Å². The first-order valence-corrected chi connectivity index (χ1v) is 15.7. The number of likely N-dealkylation sites (N-methyl/N-ethyl adjacent to an activating group) is 1. The number of benzene rings is 3. The molecule has 2 N–H and O–H groups in total. The van der Waals surface area contributed by atoms with Crippen LogP contribution in [0.5, 0.6) is 5.75 Å². The molecule has 0 saturated carbocycles. The maximum Gasteiger partial charge on any atom is 0.261 e. The third-order valence-electron chi connectivity index (χ3n) is 6.86. The minimum Gasteiger partial charge on any atom is -0.488 e. The highest BCUT2D eigenvalue weighted by Crippen LogP contribution is 2.32. The lowest BCUT2D eigenvalue weighted by Gasteiger charge is -2.38. The molecule has 3 atom stereocenters. The van der Waals surface area contributed by atoms with Crippen molar-refractivity contribution in [3.8, 4) is 5.75 Å². The van der Waals surface area contributed by atoms with Gasteiger partial charge >= 0.3 is 0 Å². The van der Waals surface area contributed by atoms with Crippen LogP contribution in [0.1, 0.15) is 24.2 Å². The lowest BCUT2D eigenvalue weighted by atomic mass is 9.99. The summed E-state index contributed by atoms with van der Waals surface area (Å²) in [7, 11) is -6.25. The van der Waals surface area contributed by atoms with Gasteiger partial charge < -0.3 is 14.7 Å². The van der Waals surface area contributed by atoms with Gasteiger partial charge in [-0.2, -0.15) is 4.31 Å². The Hall–Kier alpha value is -3.45. The SMILES string of the molecule is C[C@@H]1CN([C@H](C)CO)C(=O)c2cc(NS(=O)(=O)c3ccccc3)ccc2O[C@@H]1CN(C)S(=O)(=O)c1ccccc1. The number of nitrogens with zero attached hydrogens (tertiary/aromatic N) is 2. The number of ether oxygens (including phenoxy) is 1. The topological polar surface area (TPSA) is 133 Å². The van der Waals surface area contributed by atoms with E-state index in [1.807, 2.05) is 6.92 Å². The summed E-state index contributed by atoms with van der Waals surface area (Å²) in [5.74, 6) is -0.562. The maximum atomic E-state index is 13.6. The highest BCUT2D eigenvalue weighted by molar-refractivity contribution is 7.92. The van der Waals surface area contributed by atoms with Crippen LogP contribution in [0.3, 0.4) is 0 Å². The van der Waals surface area contributed by atoms with Crippen molar-refractivity contribution in [2.75, 3.05) is 31.5 Å². The monoisotopic (exact) mass is 587 g/mol. The van der Waals surface area contributed by atoms with Crippen LogP contribution in [0.15, 0.2) is 88.7 Å². The normalized spacial score (nSPS) is 18.8. The second kappa shape index (κ2) is 12.0. The van der Waals surface area contributed by atoms with Gasteiger partial charge in [0.15, 0.2) is 0 Å². The number of rotatable bonds is 9. The molecule has 0 aliphatic carbocycles. The van der Waals surface area contributed by atoms with Crippen LogP contribution >= 0.6 is 0 Å². The molecular weight excluding hydrogens is 554 g/mol. The molecule has 0 bridgehead atoms. The predicted molar refractivity (Wildman–Crippen MR) is 151 cm³/mol. The molecule has 0 fully saturated rings. The van der Waals surface area contributed by atoms with Crippen molar-refractivity contribution in [1.82, 2.24) is 9.21 Å². The van der Waals surface area contributed by atoms with E-state index in [0.717, 1.165) is 0 Å². The molecule has 3 aromatic carbocycles. The number of hydrogen-bond donors (Lipinski definition) is 2. The summed E-state index contributed by atoms with van der Waals surface area (Å²) in [6.07, 6.45) is -0.657. The Morgan fingerprint density at radius 1 is 1.00 bits per heavy atom. The Labute approximate surface area is 235 Å². The number of fused-ring (bicyclic) bond motifs is 1. The molecular formula is C28H33N3O7S2. The molecule has 1 heterocycles. The number of sulfonamides is 2. The van der Waals surface area contributed by atoms with Crippen LogP contribution < -0.4 is 9.46 Å². The fraction of sp³-hybridized carbons (Fsp3) is 0.321. The molecule has 0 aromatic heterocycles. The molecule has 1 aliphatic heterocycles. The number of nitrogens with one attached hydrogen (secondary N) is 1. The lowest BCUT2D eigenvalue weighted by Crippen LogP contribution is -2.50. The van der Waals surface area contributed by atoms with Gasteiger partial charge in [0.1, 0.15) is 11.9 Å². The van der Waals surface area contributed by atoms with E-state index in [-0.39, 0.29) is 52.4 Å². The van der Waals surface area contributed by atoms with Crippen LogP contribution in [0.2, 0.25) is 0 Å². The van der Waals surface area contributed by atoms with E-state index in [1.165, 1.54) is 58.7 Å². The fourth-order valence-electron chi connectivity index (χ4n) is 4.44. The Bertz CT molecular complexity index is 1550. The standard InChI is InChI=1S/C28H33N3O7S2/c1-20-17-31(21(2)19-32)28(33)25-16-22(29-39(34,35)23-10-6-4-7-11-23)14-15-26(25)38-27(20)18-30(3)40(36,37)24-12-8-5-9-13-24/h4-16,20-21,27,29,32H,17-19H2,1-3H3/t20-,21-,27-/m1/s1. The first-order valence-electron chi connectivity index (χ1n) is 12.8. The number of aliphatic hydroxyl groups is 1. The molecule has 0 saturated heterocycles. The smallest absolute Gasteiger partial charge is 0.261 e. The van der Waals surface area contributed by atoms with Gasteiger partial charge in [-0.1, -0.05) is 43.3 Å². The second-order valence-electron chi connectivity index (χ2n) is 9.85. The van der Waals surface area contributed by atoms with Gasteiger partial charge in [-0.05, 0) is 49.4 Å². The van der Waals surface area contributed by atoms with E-state index in [0.29, 0.717) is 0 Å². The average molecular weight is 588 g/mol. The lowest BCUT2D eigenvalue weighted by molar-refractivity contribution is 0.0387. The van der Waals surface area contributed by atoms with Crippen molar-refractivity contribution >= 4 is 31.6 Å². The van der Waals surface area contributed by atoms with Gasteiger partial charge in [0.2, 0.25) is 10.0 Å². The number of amides is 1. The molecule has 1 amide bonds. The molecule has 3 aromatic rings. The first kappa shape index (κ1) is 29.5. The van der Waals surface area contributed by atoms with E-state index in [9.17, 15) is 26.7 Å². The van der Waals surface area contributed by atoms with Gasteiger partial charge in [-0.15, -0.1) is 0 Å². The molecule has 10 nitrogen and oxygen atoms in total. The number of anilines is 1. The summed E-state index contributed by atoms with van der Waals surface area (Å²) >= 11 is 0. The second-order valence-corrected chi connectivity index (χ2v) is 13.6. The zero-order valence-electron chi connectivity index (χ0n) is 22.5. The summed E-state index contributed by atoms with van der Waals surface area (Å²) in [6, 6.07) is 19.7. The van der Waals surface area contributed by atoms with E-state index >= 15 is 0 Å². The van der Waals surface area contributed by atoms with Crippen LogP contribution in [0.25, 0.3) is 0 Å². The summed E-state index contributed by atoms with van der Waals surface area (Å²) in [5, 5.41) is 9.87. The Balaban J connectivity index is 1.68. The van der Waals surface area contributed by atoms with E-state index in [1.54, 1.807) is 43.3 Å². The minimum absolute atomic E-state index is 0.00421. The third kappa shape index (κ3) is 6.30. The third-order valence-corrected chi connectivity index (χ3v) is 10.1. The zero-order chi connectivity index (χ0) is 29.1. The summed E-state index contributed by atoms with van der Waals surface area (Å²) in [5.41, 5.74) is 0.254. The van der Waals surface area contributed by atoms with Crippen LogP contribution in [-0.2, 0) is 20.0 Å². The molecule has 12 heteroatoms. The molecule has 0 radical (unpaired) electrons. The van der Waals surface area contributed by atoms with E-state index in [4.69, 9.17) is 4.74 Å². The Morgan fingerprint density at radius 2 is 1.60 bits per heavy atom. The summed E-state index contributed by atoms with van der Waals surface area (Å²) in [4.78, 5) is 15.4.